The van der Waals surface area contributed by atoms with Crippen LogP contribution in [0.2, 0.25) is 0 Å². The molecule has 7 nitrogen and oxygen atoms in total. The summed E-state index contributed by atoms with van der Waals surface area (Å²) in [6, 6.07) is 9.32. The second kappa shape index (κ2) is 8.82. The van der Waals surface area contributed by atoms with Crippen molar-refractivity contribution < 1.29 is 18.0 Å². The van der Waals surface area contributed by atoms with Gasteiger partial charge in [-0.1, -0.05) is 36.8 Å². The van der Waals surface area contributed by atoms with Gasteiger partial charge in [0.15, 0.2) is 0 Å². The van der Waals surface area contributed by atoms with E-state index in [1.54, 1.807) is 43.0 Å². The van der Waals surface area contributed by atoms with Crippen molar-refractivity contribution in [2.45, 2.75) is 57.9 Å². The van der Waals surface area contributed by atoms with Crippen LogP contribution in [0.5, 0.6) is 0 Å². The fourth-order valence-electron chi connectivity index (χ4n) is 5.12. The maximum absolute atomic E-state index is 14.1. The van der Waals surface area contributed by atoms with Gasteiger partial charge < -0.3 is 10.2 Å². The Kier molecular flexibility index (Phi) is 6.22. The van der Waals surface area contributed by atoms with Gasteiger partial charge in [-0.15, -0.1) is 0 Å². The number of hydrogen-bond donors (Lipinski definition) is 1. The molecule has 1 N–H and O–H groups in total. The van der Waals surface area contributed by atoms with Gasteiger partial charge in [-0.3, -0.25) is 13.9 Å². The highest BCUT2D eigenvalue weighted by Gasteiger charge is 2.43. The normalized spacial score (nSPS) is 20.9. The lowest BCUT2D eigenvalue weighted by Gasteiger charge is -2.39. The number of hydrogen-bond acceptors (Lipinski definition) is 4. The number of rotatable bonds is 4. The monoisotopic (exact) mass is 469 g/mol. The van der Waals surface area contributed by atoms with Gasteiger partial charge in [0.1, 0.15) is 6.04 Å². The number of nitrogens with one attached hydrogen (secondary N) is 1. The number of carbonyl (C=O) groups is 2. The summed E-state index contributed by atoms with van der Waals surface area (Å²) in [6.07, 6.45) is 1.78. The molecular formula is C25H31N3O4S. The molecule has 2 amide bonds. The fraction of sp³-hybridized carbons (Fsp3) is 0.440. The van der Waals surface area contributed by atoms with Crippen LogP contribution in [0.15, 0.2) is 41.3 Å². The predicted molar refractivity (Wildman–Crippen MR) is 129 cm³/mol. The quantitative estimate of drug-likeness (QED) is 0.738. The molecule has 2 aromatic carbocycles. The van der Waals surface area contributed by atoms with Gasteiger partial charge in [0, 0.05) is 13.1 Å². The maximum atomic E-state index is 14.1. The van der Waals surface area contributed by atoms with Crippen molar-refractivity contribution in [1.29, 1.82) is 0 Å². The molecule has 33 heavy (non-hydrogen) atoms. The molecule has 0 radical (unpaired) electrons. The number of sulfonamides is 1. The first-order valence-electron chi connectivity index (χ1n) is 11.4. The minimum Gasteiger partial charge on any atom is -0.342 e. The summed E-state index contributed by atoms with van der Waals surface area (Å²) in [6.45, 7) is 8.81. The summed E-state index contributed by atoms with van der Waals surface area (Å²) in [5.74, 6) is -0.293. The molecule has 1 saturated heterocycles. The van der Waals surface area contributed by atoms with Crippen molar-refractivity contribution >= 4 is 33.2 Å². The zero-order valence-electron chi connectivity index (χ0n) is 19.6. The highest BCUT2D eigenvalue weighted by Crippen LogP contribution is 2.39. The van der Waals surface area contributed by atoms with E-state index < -0.39 is 22.0 Å². The number of benzene rings is 2. The molecule has 1 fully saturated rings. The summed E-state index contributed by atoms with van der Waals surface area (Å²) in [5, 5.41) is 2.80. The number of fused-ring (bicyclic) bond motifs is 1. The third-order valence-corrected chi connectivity index (χ3v) is 8.61. The summed E-state index contributed by atoms with van der Waals surface area (Å²) in [4.78, 5) is 28.3. The van der Waals surface area contributed by atoms with Crippen LogP contribution < -0.4 is 9.62 Å². The Morgan fingerprint density at radius 2 is 1.79 bits per heavy atom. The van der Waals surface area contributed by atoms with Crippen LogP contribution >= 0.6 is 0 Å². The Morgan fingerprint density at radius 1 is 1.12 bits per heavy atom. The number of carbonyl (C=O) groups excluding carboxylic acids is 2. The predicted octanol–water partition coefficient (Wildman–Crippen LogP) is 3.78. The molecule has 0 aromatic heterocycles. The molecule has 2 aliphatic heterocycles. The number of anilines is 2. The third kappa shape index (κ3) is 4.36. The maximum Gasteiger partial charge on any atom is 0.265 e. The van der Waals surface area contributed by atoms with Gasteiger partial charge in [-0.25, -0.2) is 8.42 Å². The van der Waals surface area contributed by atoms with Gasteiger partial charge in [0.2, 0.25) is 11.8 Å². The van der Waals surface area contributed by atoms with E-state index in [2.05, 4.69) is 12.2 Å². The van der Waals surface area contributed by atoms with Crippen LogP contribution in [0, 0.1) is 26.7 Å². The van der Waals surface area contributed by atoms with Crippen molar-refractivity contribution in [1.82, 2.24) is 4.90 Å². The minimum atomic E-state index is -4.12. The lowest BCUT2D eigenvalue weighted by Crippen LogP contribution is -2.53. The Bertz CT molecular complexity index is 1180. The highest BCUT2D eigenvalue weighted by atomic mass is 32.2. The molecular weight excluding hydrogens is 438 g/mol. The average Bonchev–Trinajstić information content (AvgIpc) is 2.73. The molecule has 0 saturated carbocycles. The average molecular weight is 470 g/mol. The van der Waals surface area contributed by atoms with Crippen LogP contribution in [0.3, 0.4) is 0 Å². The first-order chi connectivity index (χ1) is 15.6. The van der Waals surface area contributed by atoms with E-state index >= 15 is 0 Å². The number of nitrogens with zero attached hydrogens (tertiary/aromatic N) is 2. The molecule has 2 atom stereocenters. The van der Waals surface area contributed by atoms with Crippen LogP contribution in [0.25, 0.3) is 0 Å². The number of likely N-dealkylation sites (tertiary alicyclic amines) is 1. The second-order valence-electron chi connectivity index (χ2n) is 9.34. The van der Waals surface area contributed by atoms with Crippen molar-refractivity contribution in [3.05, 3.63) is 53.1 Å². The SMILES string of the molecule is Cc1cc(C)c(S(=O)(=O)N2c3ccccc3NC(=O)C2CC(=O)N2CCCC(C)C2)c(C)c1. The van der Waals surface area contributed by atoms with Crippen LogP contribution in [-0.4, -0.2) is 44.3 Å². The van der Waals surface area contributed by atoms with E-state index in [0.29, 0.717) is 41.5 Å². The standard InChI is InChI=1S/C25H31N3O4S/c1-16-8-7-11-27(15-16)23(29)14-22-25(30)26-20-9-5-6-10-21(20)28(22)33(31,32)24-18(3)12-17(2)13-19(24)4/h5-6,9-10,12-13,16,22H,7-8,11,14-15H2,1-4H3,(H,26,30). The van der Waals surface area contributed by atoms with Gasteiger partial charge in [0.25, 0.3) is 10.0 Å². The van der Waals surface area contributed by atoms with Gasteiger partial charge >= 0.3 is 0 Å². The molecule has 4 rings (SSSR count). The number of para-hydroxylation sites is 2. The van der Waals surface area contributed by atoms with Crippen LogP contribution in [-0.2, 0) is 19.6 Å². The van der Waals surface area contributed by atoms with E-state index in [1.165, 1.54) is 0 Å². The lowest BCUT2D eigenvalue weighted by atomic mass is 9.99. The molecule has 2 unspecified atom stereocenters. The Morgan fingerprint density at radius 3 is 2.45 bits per heavy atom. The zero-order chi connectivity index (χ0) is 23.9. The zero-order valence-corrected chi connectivity index (χ0v) is 20.4. The number of aryl methyl sites for hydroxylation is 3. The first-order valence-corrected chi connectivity index (χ1v) is 12.8. The van der Waals surface area contributed by atoms with Crippen LogP contribution in [0.4, 0.5) is 11.4 Å². The Hall–Kier alpha value is -2.87. The number of amides is 2. The lowest BCUT2D eigenvalue weighted by molar-refractivity contribution is -0.134. The molecule has 176 valence electrons. The van der Waals surface area contributed by atoms with Crippen molar-refractivity contribution in [3.63, 3.8) is 0 Å². The second-order valence-corrected chi connectivity index (χ2v) is 11.1. The van der Waals surface area contributed by atoms with Gasteiger partial charge in [-0.2, -0.15) is 0 Å². The third-order valence-electron chi connectivity index (χ3n) is 6.48. The van der Waals surface area contributed by atoms with E-state index in [9.17, 15) is 18.0 Å². The summed E-state index contributed by atoms with van der Waals surface area (Å²) < 4.78 is 29.3. The largest absolute Gasteiger partial charge is 0.342 e. The molecule has 0 aliphatic carbocycles. The van der Waals surface area contributed by atoms with Crippen molar-refractivity contribution in [2.24, 2.45) is 5.92 Å². The van der Waals surface area contributed by atoms with E-state index in [0.717, 1.165) is 22.7 Å². The molecule has 2 aromatic rings. The smallest absolute Gasteiger partial charge is 0.265 e. The summed E-state index contributed by atoms with van der Waals surface area (Å²) >= 11 is 0. The number of piperidine rings is 1. The fourth-order valence-corrected chi connectivity index (χ4v) is 7.17. The van der Waals surface area contributed by atoms with Gasteiger partial charge in [0.05, 0.1) is 22.7 Å². The molecule has 0 bridgehead atoms. The summed E-state index contributed by atoms with van der Waals surface area (Å²) in [5.41, 5.74) is 2.99. The van der Waals surface area contributed by atoms with Gasteiger partial charge in [-0.05, 0) is 62.8 Å². The van der Waals surface area contributed by atoms with E-state index in [4.69, 9.17) is 0 Å². The molecule has 8 heteroatoms. The van der Waals surface area contributed by atoms with Crippen molar-refractivity contribution in [3.8, 4) is 0 Å². The Labute approximate surface area is 195 Å². The highest BCUT2D eigenvalue weighted by molar-refractivity contribution is 7.93. The first kappa shape index (κ1) is 23.3. The van der Waals surface area contributed by atoms with E-state index in [1.807, 2.05) is 19.1 Å². The summed E-state index contributed by atoms with van der Waals surface area (Å²) in [7, 11) is -4.12. The molecule has 2 aliphatic rings. The molecule has 2 heterocycles. The molecule has 0 spiro atoms. The van der Waals surface area contributed by atoms with E-state index in [-0.39, 0.29) is 17.2 Å². The Balaban J connectivity index is 1.79. The minimum absolute atomic E-state index is 0.182. The van der Waals surface area contributed by atoms with Crippen LogP contribution in [0.1, 0.15) is 42.9 Å². The van der Waals surface area contributed by atoms with Crippen molar-refractivity contribution in [2.75, 3.05) is 22.7 Å². The topological polar surface area (TPSA) is 86.8 Å².